The highest BCUT2D eigenvalue weighted by Gasteiger charge is 2.09. The van der Waals surface area contributed by atoms with Crippen molar-refractivity contribution in [3.8, 4) is 11.3 Å². The molecule has 0 atom stereocenters. The van der Waals surface area contributed by atoms with Crippen LogP contribution in [0.25, 0.3) is 11.3 Å². The number of H-pyrrole nitrogens is 1. The van der Waals surface area contributed by atoms with Gasteiger partial charge in [0.2, 0.25) is 0 Å². The van der Waals surface area contributed by atoms with E-state index in [1.165, 1.54) is 4.68 Å². The summed E-state index contributed by atoms with van der Waals surface area (Å²) < 4.78 is 6.83. The van der Waals surface area contributed by atoms with Gasteiger partial charge in [-0.3, -0.25) is 14.6 Å². The number of nitrogens with zero attached hydrogens (tertiary/aromatic N) is 1. The molecule has 14 heavy (non-hydrogen) atoms. The summed E-state index contributed by atoms with van der Waals surface area (Å²) in [6, 6.07) is 3.48. The maximum absolute atomic E-state index is 11.2. The van der Waals surface area contributed by atoms with E-state index in [4.69, 9.17) is 4.42 Å². The van der Waals surface area contributed by atoms with Gasteiger partial charge >= 0.3 is 0 Å². The first-order valence-corrected chi connectivity index (χ1v) is 4.41. The van der Waals surface area contributed by atoms with Gasteiger partial charge in [0, 0.05) is 18.7 Å². The fraction of sp³-hybridized carbons (Fsp3) is 0.300. The van der Waals surface area contributed by atoms with Crippen molar-refractivity contribution in [2.75, 3.05) is 0 Å². The molecule has 2 rings (SSSR count). The standard InChI is InChI=1S/C10H12N2O2/c1-6-4-8(7(2)14-6)9-5-10(13)12(3)11-9/h4-5,11H,1-3H3. The Morgan fingerprint density at radius 3 is 2.50 bits per heavy atom. The number of hydrogen-bond acceptors (Lipinski definition) is 2. The van der Waals surface area contributed by atoms with Crippen molar-refractivity contribution in [2.24, 2.45) is 7.05 Å². The lowest BCUT2D eigenvalue weighted by molar-refractivity contribution is 0.505. The van der Waals surface area contributed by atoms with Gasteiger partial charge in [0.15, 0.2) is 0 Å². The fourth-order valence-corrected chi connectivity index (χ4v) is 1.52. The summed E-state index contributed by atoms with van der Waals surface area (Å²) in [7, 11) is 1.69. The summed E-state index contributed by atoms with van der Waals surface area (Å²) in [4.78, 5) is 11.2. The first kappa shape index (κ1) is 8.87. The normalized spacial score (nSPS) is 10.8. The minimum absolute atomic E-state index is 0.0433. The number of nitrogens with one attached hydrogen (secondary N) is 1. The molecule has 0 amide bonds. The third-order valence-corrected chi connectivity index (χ3v) is 2.22. The molecule has 0 aliphatic rings. The van der Waals surface area contributed by atoms with E-state index in [0.717, 1.165) is 22.8 Å². The average molecular weight is 192 g/mol. The van der Waals surface area contributed by atoms with Crippen LogP contribution in [0.1, 0.15) is 11.5 Å². The van der Waals surface area contributed by atoms with Gasteiger partial charge in [-0.15, -0.1) is 0 Å². The van der Waals surface area contributed by atoms with Crippen molar-refractivity contribution in [1.29, 1.82) is 0 Å². The van der Waals surface area contributed by atoms with E-state index >= 15 is 0 Å². The van der Waals surface area contributed by atoms with Crippen molar-refractivity contribution >= 4 is 0 Å². The zero-order valence-electron chi connectivity index (χ0n) is 8.42. The third kappa shape index (κ3) is 1.28. The van der Waals surface area contributed by atoms with E-state index in [1.54, 1.807) is 13.1 Å². The van der Waals surface area contributed by atoms with Gasteiger partial charge in [0.05, 0.1) is 5.69 Å². The molecule has 74 valence electrons. The first-order valence-electron chi connectivity index (χ1n) is 4.41. The van der Waals surface area contributed by atoms with Crippen LogP contribution in [-0.4, -0.2) is 9.78 Å². The lowest BCUT2D eigenvalue weighted by Crippen LogP contribution is -2.09. The lowest BCUT2D eigenvalue weighted by Gasteiger charge is -1.93. The highest BCUT2D eigenvalue weighted by atomic mass is 16.3. The smallest absolute Gasteiger partial charge is 0.266 e. The van der Waals surface area contributed by atoms with Gasteiger partial charge in [0.1, 0.15) is 11.5 Å². The van der Waals surface area contributed by atoms with Crippen LogP contribution in [0, 0.1) is 13.8 Å². The Balaban J connectivity index is 2.59. The quantitative estimate of drug-likeness (QED) is 0.745. The molecule has 4 heteroatoms. The van der Waals surface area contributed by atoms with Gasteiger partial charge in [-0.25, -0.2) is 0 Å². The maximum atomic E-state index is 11.2. The zero-order valence-corrected chi connectivity index (χ0v) is 8.42. The van der Waals surface area contributed by atoms with Gasteiger partial charge in [0.25, 0.3) is 5.56 Å². The fourth-order valence-electron chi connectivity index (χ4n) is 1.52. The van der Waals surface area contributed by atoms with Crippen LogP contribution in [0.3, 0.4) is 0 Å². The molecule has 0 saturated heterocycles. The second kappa shape index (κ2) is 2.90. The molecule has 0 spiro atoms. The van der Waals surface area contributed by atoms with Crippen LogP contribution >= 0.6 is 0 Å². The van der Waals surface area contributed by atoms with Gasteiger partial charge in [-0.2, -0.15) is 0 Å². The minimum atomic E-state index is -0.0433. The van der Waals surface area contributed by atoms with E-state index < -0.39 is 0 Å². The summed E-state index contributed by atoms with van der Waals surface area (Å²) in [5, 5.41) is 2.96. The molecule has 1 N–H and O–H groups in total. The Bertz CT molecular complexity index is 516. The van der Waals surface area contributed by atoms with Crippen molar-refractivity contribution in [2.45, 2.75) is 13.8 Å². The minimum Gasteiger partial charge on any atom is -0.466 e. The number of furan rings is 1. The molecule has 0 fully saturated rings. The molecule has 0 aliphatic carbocycles. The van der Waals surface area contributed by atoms with Crippen molar-refractivity contribution < 1.29 is 4.42 Å². The second-order valence-corrected chi connectivity index (χ2v) is 3.39. The Kier molecular flexibility index (Phi) is 1.84. The van der Waals surface area contributed by atoms with Crippen LogP contribution in [0.4, 0.5) is 0 Å². The third-order valence-electron chi connectivity index (χ3n) is 2.22. The molecular formula is C10H12N2O2. The van der Waals surface area contributed by atoms with E-state index in [2.05, 4.69) is 5.10 Å². The van der Waals surface area contributed by atoms with Gasteiger partial charge in [-0.05, 0) is 19.9 Å². The van der Waals surface area contributed by atoms with Crippen LogP contribution in [0.5, 0.6) is 0 Å². The van der Waals surface area contributed by atoms with Gasteiger partial charge < -0.3 is 4.42 Å². The maximum Gasteiger partial charge on any atom is 0.266 e. The molecular weight excluding hydrogens is 180 g/mol. The lowest BCUT2D eigenvalue weighted by atomic mass is 10.2. The number of aromatic amines is 1. The highest BCUT2D eigenvalue weighted by Crippen LogP contribution is 2.23. The van der Waals surface area contributed by atoms with Gasteiger partial charge in [-0.1, -0.05) is 0 Å². The molecule has 0 saturated carbocycles. The average Bonchev–Trinajstić information content (AvgIpc) is 2.57. The number of rotatable bonds is 1. The predicted molar refractivity (Wildman–Crippen MR) is 53.2 cm³/mol. The van der Waals surface area contributed by atoms with Crippen LogP contribution in [-0.2, 0) is 7.05 Å². The molecule has 0 aliphatic heterocycles. The molecule has 0 radical (unpaired) electrons. The summed E-state index contributed by atoms with van der Waals surface area (Å²) in [6.45, 7) is 3.77. The molecule has 4 nitrogen and oxygen atoms in total. The summed E-state index contributed by atoms with van der Waals surface area (Å²) in [5.41, 5.74) is 1.70. The number of aromatic nitrogens is 2. The van der Waals surface area contributed by atoms with Crippen molar-refractivity contribution in [3.05, 3.63) is 34.0 Å². The molecule has 0 aromatic carbocycles. The van der Waals surface area contributed by atoms with Crippen molar-refractivity contribution in [3.63, 3.8) is 0 Å². The Morgan fingerprint density at radius 1 is 1.36 bits per heavy atom. The van der Waals surface area contributed by atoms with E-state index in [9.17, 15) is 4.79 Å². The zero-order chi connectivity index (χ0) is 10.3. The second-order valence-electron chi connectivity index (χ2n) is 3.39. The summed E-state index contributed by atoms with van der Waals surface area (Å²) in [5.74, 6) is 1.67. The largest absolute Gasteiger partial charge is 0.466 e. The Morgan fingerprint density at radius 2 is 2.07 bits per heavy atom. The molecule has 2 heterocycles. The van der Waals surface area contributed by atoms with E-state index in [0.29, 0.717) is 0 Å². The van der Waals surface area contributed by atoms with E-state index in [-0.39, 0.29) is 5.56 Å². The molecule has 0 unspecified atom stereocenters. The first-order chi connectivity index (χ1) is 6.58. The molecule has 0 bridgehead atoms. The van der Waals surface area contributed by atoms with Crippen LogP contribution in [0.2, 0.25) is 0 Å². The van der Waals surface area contributed by atoms with Crippen LogP contribution < -0.4 is 5.56 Å². The Labute approximate surface area is 81.1 Å². The monoisotopic (exact) mass is 192 g/mol. The van der Waals surface area contributed by atoms with E-state index in [1.807, 2.05) is 19.9 Å². The van der Waals surface area contributed by atoms with Crippen molar-refractivity contribution in [1.82, 2.24) is 9.78 Å². The van der Waals surface area contributed by atoms with Crippen LogP contribution in [0.15, 0.2) is 21.3 Å². The predicted octanol–water partition coefficient (Wildman–Crippen LogP) is 1.59. The Hall–Kier alpha value is -1.71. The summed E-state index contributed by atoms with van der Waals surface area (Å²) in [6.07, 6.45) is 0. The number of hydrogen-bond donors (Lipinski definition) is 1. The SMILES string of the molecule is Cc1cc(-c2cc(=O)n(C)[nH]2)c(C)o1. The topological polar surface area (TPSA) is 50.9 Å². The summed E-state index contributed by atoms with van der Waals surface area (Å²) >= 11 is 0. The number of aryl methyl sites for hydroxylation is 3. The molecule has 2 aromatic rings. The molecule has 2 aromatic heterocycles. The highest BCUT2D eigenvalue weighted by molar-refractivity contribution is 5.61.